The van der Waals surface area contributed by atoms with Crippen LogP contribution in [0.3, 0.4) is 0 Å². The highest BCUT2D eigenvalue weighted by molar-refractivity contribution is 7.89. The molecule has 1 unspecified atom stereocenters. The fourth-order valence-corrected chi connectivity index (χ4v) is 5.07. The number of benzene rings is 1. The highest BCUT2D eigenvalue weighted by Gasteiger charge is 2.38. The standard InChI is InChI=1S/C20H29N3O4S/c1-2-12-21-28(26,27)18-10-8-16(9-11-18)22-20(25)15-13-19(24)23(14-15)17-6-4-3-5-7-17/h8-11,15,17,21H,2-7,12-14H2,1H3,(H,22,25). The number of nitrogens with zero attached hydrogens (tertiary/aromatic N) is 1. The summed E-state index contributed by atoms with van der Waals surface area (Å²) in [6.07, 6.45) is 6.54. The molecule has 2 aliphatic rings. The summed E-state index contributed by atoms with van der Waals surface area (Å²) in [4.78, 5) is 27.0. The molecule has 8 heteroatoms. The summed E-state index contributed by atoms with van der Waals surface area (Å²) in [6.45, 7) is 2.75. The van der Waals surface area contributed by atoms with Gasteiger partial charge in [0.15, 0.2) is 0 Å². The second-order valence-electron chi connectivity index (χ2n) is 7.65. The maximum absolute atomic E-state index is 12.6. The smallest absolute Gasteiger partial charge is 0.240 e. The number of carbonyl (C=O) groups excluding carboxylic acids is 2. The SMILES string of the molecule is CCCNS(=O)(=O)c1ccc(NC(=O)C2CC(=O)N(C3CCCCC3)C2)cc1. The van der Waals surface area contributed by atoms with Gasteiger partial charge in [0.2, 0.25) is 21.8 Å². The van der Waals surface area contributed by atoms with Crippen molar-refractivity contribution >= 4 is 27.5 Å². The molecule has 1 aliphatic carbocycles. The monoisotopic (exact) mass is 407 g/mol. The molecule has 1 heterocycles. The van der Waals surface area contributed by atoms with Crippen LogP contribution in [0.25, 0.3) is 0 Å². The highest BCUT2D eigenvalue weighted by Crippen LogP contribution is 2.29. The third-order valence-corrected chi connectivity index (χ3v) is 7.00. The van der Waals surface area contributed by atoms with E-state index in [1.54, 1.807) is 12.1 Å². The molecule has 28 heavy (non-hydrogen) atoms. The quantitative estimate of drug-likeness (QED) is 0.726. The summed E-state index contributed by atoms with van der Waals surface area (Å²) in [5.74, 6) is -0.481. The number of hydrogen-bond donors (Lipinski definition) is 2. The molecule has 1 aliphatic heterocycles. The van der Waals surface area contributed by atoms with E-state index in [1.165, 1.54) is 18.6 Å². The van der Waals surface area contributed by atoms with Crippen LogP contribution in [0.2, 0.25) is 0 Å². The van der Waals surface area contributed by atoms with Crippen molar-refractivity contribution in [3.8, 4) is 0 Å². The maximum atomic E-state index is 12.6. The summed E-state index contributed by atoms with van der Waals surface area (Å²) in [5.41, 5.74) is 0.531. The van der Waals surface area contributed by atoms with E-state index in [4.69, 9.17) is 0 Å². The van der Waals surface area contributed by atoms with Crippen LogP contribution in [-0.2, 0) is 19.6 Å². The van der Waals surface area contributed by atoms with Gasteiger partial charge >= 0.3 is 0 Å². The number of likely N-dealkylation sites (tertiary alicyclic amines) is 1. The molecule has 154 valence electrons. The molecule has 0 aromatic heterocycles. The van der Waals surface area contributed by atoms with E-state index in [1.807, 2.05) is 11.8 Å². The number of rotatable bonds is 7. The van der Waals surface area contributed by atoms with Gasteiger partial charge in [-0.05, 0) is 43.5 Å². The summed E-state index contributed by atoms with van der Waals surface area (Å²) in [6, 6.07) is 6.38. The Morgan fingerprint density at radius 2 is 1.82 bits per heavy atom. The number of nitrogens with one attached hydrogen (secondary N) is 2. The van der Waals surface area contributed by atoms with Gasteiger partial charge in [0, 0.05) is 31.2 Å². The number of sulfonamides is 1. The molecule has 0 bridgehead atoms. The summed E-state index contributed by atoms with van der Waals surface area (Å²) < 4.78 is 26.7. The molecule has 1 atom stereocenters. The lowest BCUT2D eigenvalue weighted by atomic mass is 9.94. The molecule has 1 saturated carbocycles. The van der Waals surface area contributed by atoms with E-state index in [0.29, 0.717) is 25.2 Å². The molecular formula is C20H29N3O4S. The van der Waals surface area contributed by atoms with Gasteiger partial charge < -0.3 is 10.2 Å². The second-order valence-corrected chi connectivity index (χ2v) is 9.42. The second kappa shape index (κ2) is 9.05. The molecule has 7 nitrogen and oxygen atoms in total. The molecule has 1 aromatic carbocycles. The Balaban J connectivity index is 1.58. The minimum atomic E-state index is -3.52. The molecule has 3 rings (SSSR count). The molecule has 0 radical (unpaired) electrons. The highest BCUT2D eigenvalue weighted by atomic mass is 32.2. The predicted octanol–water partition coefficient (Wildman–Crippen LogP) is 2.49. The van der Waals surface area contributed by atoms with Gasteiger partial charge in [-0.25, -0.2) is 13.1 Å². The van der Waals surface area contributed by atoms with Crippen LogP contribution < -0.4 is 10.0 Å². The van der Waals surface area contributed by atoms with E-state index >= 15 is 0 Å². The van der Waals surface area contributed by atoms with Crippen LogP contribution in [0.5, 0.6) is 0 Å². The van der Waals surface area contributed by atoms with E-state index in [2.05, 4.69) is 10.0 Å². The Hall–Kier alpha value is -1.93. The van der Waals surface area contributed by atoms with Crippen molar-refractivity contribution in [1.82, 2.24) is 9.62 Å². The topological polar surface area (TPSA) is 95.6 Å². The third kappa shape index (κ3) is 4.91. The van der Waals surface area contributed by atoms with Crippen LogP contribution in [0, 0.1) is 5.92 Å². The first kappa shape index (κ1) is 20.8. The van der Waals surface area contributed by atoms with Gasteiger partial charge in [-0.3, -0.25) is 9.59 Å². The Bertz CT molecular complexity index is 801. The van der Waals surface area contributed by atoms with E-state index in [-0.39, 0.29) is 35.1 Å². The van der Waals surface area contributed by atoms with Crippen molar-refractivity contribution in [2.45, 2.75) is 62.8 Å². The van der Waals surface area contributed by atoms with Crippen LogP contribution in [0.15, 0.2) is 29.2 Å². The number of carbonyl (C=O) groups is 2. The van der Waals surface area contributed by atoms with Gasteiger partial charge in [0.25, 0.3) is 0 Å². The lowest BCUT2D eigenvalue weighted by molar-refractivity contribution is -0.130. The first-order valence-electron chi connectivity index (χ1n) is 10.1. The Morgan fingerprint density at radius 3 is 2.46 bits per heavy atom. The van der Waals surface area contributed by atoms with Crippen molar-refractivity contribution in [2.24, 2.45) is 5.92 Å². The predicted molar refractivity (Wildman–Crippen MR) is 107 cm³/mol. The summed E-state index contributed by atoms with van der Waals surface area (Å²) in [7, 11) is -3.52. The van der Waals surface area contributed by atoms with Gasteiger partial charge in [-0.15, -0.1) is 0 Å². The van der Waals surface area contributed by atoms with Gasteiger partial charge in [0.05, 0.1) is 10.8 Å². The van der Waals surface area contributed by atoms with E-state index < -0.39 is 10.0 Å². The van der Waals surface area contributed by atoms with Crippen LogP contribution in [0.1, 0.15) is 51.9 Å². The maximum Gasteiger partial charge on any atom is 0.240 e. The normalized spacial score (nSPS) is 21.1. The van der Waals surface area contributed by atoms with Crippen LogP contribution >= 0.6 is 0 Å². The fourth-order valence-electron chi connectivity index (χ4n) is 3.93. The van der Waals surface area contributed by atoms with E-state index in [9.17, 15) is 18.0 Å². The van der Waals surface area contributed by atoms with Crippen molar-refractivity contribution in [3.63, 3.8) is 0 Å². The molecular weight excluding hydrogens is 378 g/mol. The average molecular weight is 408 g/mol. The first-order chi connectivity index (χ1) is 13.4. The average Bonchev–Trinajstić information content (AvgIpc) is 3.09. The Kier molecular flexibility index (Phi) is 6.72. The Morgan fingerprint density at radius 1 is 1.14 bits per heavy atom. The zero-order chi connectivity index (χ0) is 20.1. The molecule has 1 aromatic rings. The fraction of sp³-hybridized carbons (Fsp3) is 0.600. The van der Waals surface area contributed by atoms with Crippen molar-refractivity contribution < 1.29 is 18.0 Å². The zero-order valence-corrected chi connectivity index (χ0v) is 17.1. The molecule has 0 spiro atoms. The number of amides is 2. The van der Waals surface area contributed by atoms with Crippen molar-refractivity contribution in [3.05, 3.63) is 24.3 Å². The minimum absolute atomic E-state index is 0.0653. The van der Waals surface area contributed by atoms with Gasteiger partial charge in [-0.2, -0.15) is 0 Å². The summed E-state index contributed by atoms with van der Waals surface area (Å²) in [5, 5.41) is 2.82. The number of anilines is 1. The van der Waals surface area contributed by atoms with E-state index in [0.717, 1.165) is 25.7 Å². The summed E-state index contributed by atoms with van der Waals surface area (Å²) >= 11 is 0. The third-order valence-electron chi connectivity index (χ3n) is 5.52. The molecule has 1 saturated heterocycles. The molecule has 2 fully saturated rings. The minimum Gasteiger partial charge on any atom is -0.339 e. The number of hydrogen-bond acceptors (Lipinski definition) is 4. The zero-order valence-electron chi connectivity index (χ0n) is 16.3. The lowest BCUT2D eigenvalue weighted by Gasteiger charge is -2.31. The van der Waals surface area contributed by atoms with Gasteiger partial charge in [0.1, 0.15) is 0 Å². The van der Waals surface area contributed by atoms with Crippen LogP contribution in [-0.4, -0.2) is 44.3 Å². The largest absolute Gasteiger partial charge is 0.339 e. The van der Waals surface area contributed by atoms with Crippen molar-refractivity contribution in [1.29, 1.82) is 0 Å². The van der Waals surface area contributed by atoms with Gasteiger partial charge in [-0.1, -0.05) is 26.2 Å². The lowest BCUT2D eigenvalue weighted by Crippen LogP contribution is -2.38. The Labute approximate surface area is 166 Å². The molecule has 2 N–H and O–H groups in total. The van der Waals surface area contributed by atoms with Crippen LogP contribution in [0.4, 0.5) is 5.69 Å². The van der Waals surface area contributed by atoms with Crippen molar-refractivity contribution in [2.75, 3.05) is 18.4 Å². The first-order valence-corrected chi connectivity index (χ1v) is 11.6. The molecule has 2 amide bonds.